The second-order valence-corrected chi connectivity index (χ2v) is 5.88. The minimum absolute atomic E-state index is 0.312. The van der Waals surface area contributed by atoms with Crippen molar-refractivity contribution < 1.29 is 0 Å². The van der Waals surface area contributed by atoms with Gasteiger partial charge in [-0.25, -0.2) is 0 Å². The fourth-order valence-corrected chi connectivity index (χ4v) is 3.73. The van der Waals surface area contributed by atoms with E-state index in [1.54, 1.807) is 11.1 Å². The molecule has 0 amide bonds. The lowest BCUT2D eigenvalue weighted by molar-refractivity contribution is 0.452. The second kappa shape index (κ2) is 4.45. The van der Waals surface area contributed by atoms with E-state index in [-0.39, 0.29) is 0 Å². The summed E-state index contributed by atoms with van der Waals surface area (Å²) in [5.74, 6) is 0. The Hall–Kier alpha value is -0.820. The first-order valence-corrected chi connectivity index (χ1v) is 7.16. The van der Waals surface area contributed by atoms with Crippen LogP contribution >= 0.6 is 0 Å². The number of hydrogen-bond donors (Lipinski definition) is 1. The zero-order valence-corrected chi connectivity index (χ0v) is 10.7. The van der Waals surface area contributed by atoms with Gasteiger partial charge in [-0.05, 0) is 55.2 Å². The number of nitrogens with two attached hydrogens (primary N) is 1. The van der Waals surface area contributed by atoms with Gasteiger partial charge in [0.15, 0.2) is 0 Å². The maximum absolute atomic E-state index is 6.08. The summed E-state index contributed by atoms with van der Waals surface area (Å²) in [4.78, 5) is 0. The molecule has 1 aromatic carbocycles. The molecule has 0 unspecified atom stereocenters. The molecule has 1 nitrogen and oxygen atoms in total. The first-order valence-electron chi connectivity index (χ1n) is 7.16. The van der Waals surface area contributed by atoms with Gasteiger partial charge in [-0.3, -0.25) is 0 Å². The summed E-state index contributed by atoms with van der Waals surface area (Å²) >= 11 is 0. The van der Waals surface area contributed by atoms with Crippen LogP contribution in [-0.2, 0) is 18.3 Å². The van der Waals surface area contributed by atoms with Crippen molar-refractivity contribution in [2.75, 3.05) is 6.54 Å². The van der Waals surface area contributed by atoms with Gasteiger partial charge in [0.2, 0.25) is 0 Å². The summed E-state index contributed by atoms with van der Waals surface area (Å²) < 4.78 is 0. The smallest absolute Gasteiger partial charge is 0.00756 e. The van der Waals surface area contributed by atoms with Crippen LogP contribution in [0.5, 0.6) is 0 Å². The van der Waals surface area contributed by atoms with Gasteiger partial charge in [0.05, 0.1) is 0 Å². The van der Waals surface area contributed by atoms with Crippen LogP contribution in [0.25, 0.3) is 0 Å². The Labute approximate surface area is 104 Å². The van der Waals surface area contributed by atoms with E-state index in [9.17, 15) is 0 Å². The highest BCUT2D eigenvalue weighted by molar-refractivity contribution is 5.38. The highest BCUT2D eigenvalue weighted by Crippen LogP contribution is 2.41. The van der Waals surface area contributed by atoms with Gasteiger partial charge in [-0.2, -0.15) is 0 Å². The van der Waals surface area contributed by atoms with Crippen LogP contribution in [0.4, 0.5) is 0 Å². The van der Waals surface area contributed by atoms with E-state index in [4.69, 9.17) is 5.73 Å². The monoisotopic (exact) mass is 229 g/mol. The Kier molecular flexibility index (Phi) is 2.96. The van der Waals surface area contributed by atoms with E-state index in [0.717, 1.165) is 6.54 Å². The van der Waals surface area contributed by atoms with Crippen LogP contribution in [0.1, 0.15) is 55.2 Å². The lowest BCUT2D eigenvalue weighted by Crippen LogP contribution is -2.32. The molecule has 3 rings (SSSR count). The molecule has 0 atom stereocenters. The van der Waals surface area contributed by atoms with Crippen LogP contribution < -0.4 is 5.73 Å². The zero-order chi connectivity index (χ0) is 11.7. The van der Waals surface area contributed by atoms with Gasteiger partial charge in [0.1, 0.15) is 0 Å². The van der Waals surface area contributed by atoms with Gasteiger partial charge in [0, 0.05) is 12.0 Å². The summed E-state index contributed by atoms with van der Waals surface area (Å²) in [6, 6.07) is 7.22. The number of fused-ring (bicyclic) bond motifs is 1. The molecule has 0 bridgehead atoms. The van der Waals surface area contributed by atoms with E-state index >= 15 is 0 Å². The van der Waals surface area contributed by atoms with Crippen LogP contribution in [0.15, 0.2) is 18.2 Å². The number of rotatable bonds is 2. The first kappa shape index (κ1) is 11.3. The van der Waals surface area contributed by atoms with Crippen molar-refractivity contribution in [1.29, 1.82) is 0 Å². The number of hydrogen-bond acceptors (Lipinski definition) is 1. The van der Waals surface area contributed by atoms with Gasteiger partial charge in [-0.1, -0.05) is 31.0 Å². The van der Waals surface area contributed by atoms with Crippen LogP contribution in [0, 0.1) is 0 Å². The minimum atomic E-state index is 0.312. The van der Waals surface area contributed by atoms with Crippen LogP contribution in [-0.4, -0.2) is 6.54 Å². The van der Waals surface area contributed by atoms with Crippen LogP contribution in [0.3, 0.4) is 0 Å². The number of aryl methyl sites for hydroxylation is 2. The molecule has 2 aliphatic rings. The van der Waals surface area contributed by atoms with Crippen molar-refractivity contribution >= 4 is 0 Å². The predicted molar refractivity (Wildman–Crippen MR) is 72.3 cm³/mol. The molecule has 1 heteroatoms. The molecule has 0 radical (unpaired) electrons. The Morgan fingerprint density at radius 1 is 0.941 bits per heavy atom. The second-order valence-electron chi connectivity index (χ2n) is 5.88. The molecule has 17 heavy (non-hydrogen) atoms. The molecular formula is C16H23N. The third-order valence-corrected chi connectivity index (χ3v) is 4.91. The third kappa shape index (κ3) is 1.91. The molecule has 0 heterocycles. The summed E-state index contributed by atoms with van der Waals surface area (Å²) in [6.07, 6.45) is 10.6. The lowest BCUT2D eigenvalue weighted by atomic mass is 9.77. The summed E-state index contributed by atoms with van der Waals surface area (Å²) in [5.41, 5.74) is 11.1. The molecular weight excluding hydrogens is 206 g/mol. The van der Waals surface area contributed by atoms with Crippen molar-refractivity contribution in [3.63, 3.8) is 0 Å². The molecule has 2 aliphatic carbocycles. The highest BCUT2D eigenvalue weighted by Gasteiger charge is 2.34. The largest absolute Gasteiger partial charge is 0.330 e. The maximum atomic E-state index is 6.08. The van der Waals surface area contributed by atoms with Gasteiger partial charge in [0.25, 0.3) is 0 Å². The van der Waals surface area contributed by atoms with Gasteiger partial charge >= 0.3 is 0 Å². The highest BCUT2D eigenvalue weighted by atomic mass is 14.6. The molecule has 0 saturated heterocycles. The summed E-state index contributed by atoms with van der Waals surface area (Å²) in [5, 5.41) is 0. The summed E-state index contributed by atoms with van der Waals surface area (Å²) in [6.45, 7) is 0.825. The Morgan fingerprint density at radius 2 is 1.65 bits per heavy atom. The maximum Gasteiger partial charge on any atom is 0.00756 e. The summed E-state index contributed by atoms with van der Waals surface area (Å²) in [7, 11) is 0. The Balaban J connectivity index is 1.97. The van der Waals surface area contributed by atoms with E-state index in [1.165, 1.54) is 56.9 Å². The average molecular weight is 229 g/mol. The Morgan fingerprint density at radius 3 is 2.35 bits per heavy atom. The molecule has 92 valence electrons. The lowest BCUT2D eigenvalue weighted by Gasteiger charge is -2.29. The van der Waals surface area contributed by atoms with E-state index in [1.807, 2.05) is 0 Å². The van der Waals surface area contributed by atoms with E-state index in [2.05, 4.69) is 18.2 Å². The van der Waals surface area contributed by atoms with Gasteiger partial charge < -0.3 is 5.73 Å². The van der Waals surface area contributed by atoms with Crippen molar-refractivity contribution in [1.82, 2.24) is 0 Å². The van der Waals surface area contributed by atoms with E-state index in [0.29, 0.717) is 5.41 Å². The minimum Gasteiger partial charge on any atom is -0.330 e. The predicted octanol–water partition coefficient (Wildman–Crippen LogP) is 3.34. The molecule has 1 aromatic rings. The molecule has 0 aliphatic heterocycles. The van der Waals surface area contributed by atoms with Crippen molar-refractivity contribution in [3.05, 3.63) is 34.9 Å². The quantitative estimate of drug-likeness (QED) is 0.827. The normalized spacial score (nSPS) is 22.4. The van der Waals surface area contributed by atoms with Gasteiger partial charge in [-0.15, -0.1) is 0 Å². The molecule has 0 spiro atoms. The molecule has 2 N–H and O–H groups in total. The molecule has 1 fully saturated rings. The first-order chi connectivity index (χ1) is 8.34. The van der Waals surface area contributed by atoms with E-state index < -0.39 is 0 Å². The van der Waals surface area contributed by atoms with Crippen molar-refractivity contribution in [2.45, 2.75) is 56.8 Å². The Bertz CT molecular complexity index is 402. The standard InChI is InChI=1S/C16H23N/c17-12-16(9-3-4-10-16)15-8-7-13-5-1-2-6-14(13)11-15/h7-8,11H,1-6,9-10,12,17H2. The number of benzene rings is 1. The topological polar surface area (TPSA) is 26.0 Å². The average Bonchev–Trinajstić information content (AvgIpc) is 2.88. The fraction of sp³-hybridized carbons (Fsp3) is 0.625. The SMILES string of the molecule is NCC1(c2ccc3c(c2)CCCC3)CCCC1. The fourth-order valence-electron chi connectivity index (χ4n) is 3.73. The van der Waals surface area contributed by atoms with Crippen molar-refractivity contribution in [3.8, 4) is 0 Å². The molecule has 0 aromatic heterocycles. The third-order valence-electron chi connectivity index (χ3n) is 4.91. The van der Waals surface area contributed by atoms with Crippen LogP contribution in [0.2, 0.25) is 0 Å². The zero-order valence-electron chi connectivity index (χ0n) is 10.7. The molecule has 1 saturated carbocycles. The van der Waals surface area contributed by atoms with Crippen molar-refractivity contribution in [2.24, 2.45) is 5.73 Å².